The summed E-state index contributed by atoms with van der Waals surface area (Å²) >= 11 is 5.82. The third-order valence-electron chi connectivity index (χ3n) is 3.14. The zero-order valence-corrected chi connectivity index (χ0v) is 12.7. The van der Waals surface area contributed by atoms with Crippen molar-refractivity contribution in [1.82, 2.24) is 5.32 Å². The second-order valence-electron chi connectivity index (χ2n) is 6.32. The van der Waals surface area contributed by atoms with E-state index in [1.165, 1.54) is 4.90 Å². The van der Waals surface area contributed by atoms with Gasteiger partial charge in [-0.25, -0.2) is 9.69 Å². The summed E-state index contributed by atoms with van der Waals surface area (Å²) in [5, 5.41) is 3.47. The quantitative estimate of drug-likeness (QED) is 0.906. The maximum Gasteiger partial charge on any atom is 0.328 e. The van der Waals surface area contributed by atoms with Crippen LogP contribution >= 0.6 is 11.6 Å². The first-order valence-electron chi connectivity index (χ1n) is 6.65. The number of nitrogens with one attached hydrogen (secondary N) is 1. The number of hydrogen-bond acceptors (Lipinski definition) is 2. The van der Waals surface area contributed by atoms with Gasteiger partial charge in [0.1, 0.15) is 0 Å². The van der Waals surface area contributed by atoms with Gasteiger partial charge in [0.15, 0.2) is 0 Å². The topological polar surface area (TPSA) is 49.4 Å². The molecular formula is C15H19ClN2O2. The Hall–Kier alpha value is -1.55. The minimum atomic E-state index is -0.363. The number of carbonyl (C=O) groups is 2. The highest BCUT2D eigenvalue weighted by molar-refractivity contribution is 6.30. The molecule has 20 heavy (non-hydrogen) atoms. The van der Waals surface area contributed by atoms with Crippen molar-refractivity contribution in [1.29, 1.82) is 0 Å². The molecule has 1 aliphatic heterocycles. The van der Waals surface area contributed by atoms with Crippen molar-refractivity contribution in [2.75, 3.05) is 4.90 Å². The molecule has 0 aliphatic carbocycles. The Morgan fingerprint density at radius 2 is 1.85 bits per heavy atom. The van der Waals surface area contributed by atoms with E-state index in [-0.39, 0.29) is 23.4 Å². The molecule has 108 valence electrons. The van der Waals surface area contributed by atoms with Gasteiger partial charge in [0, 0.05) is 17.5 Å². The predicted molar refractivity (Wildman–Crippen MR) is 79.9 cm³/mol. The highest BCUT2D eigenvalue weighted by atomic mass is 35.5. The highest BCUT2D eigenvalue weighted by Crippen LogP contribution is 2.27. The van der Waals surface area contributed by atoms with Gasteiger partial charge >= 0.3 is 6.03 Å². The van der Waals surface area contributed by atoms with Crippen LogP contribution in [0.15, 0.2) is 24.3 Å². The van der Waals surface area contributed by atoms with E-state index >= 15 is 0 Å². The smallest absolute Gasteiger partial charge is 0.328 e. The zero-order valence-electron chi connectivity index (χ0n) is 11.9. The Kier molecular flexibility index (Phi) is 4.04. The van der Waals surface area contributed by atoms with Crippen molar-refractivity contribution < 1.29 is 9.59 Å². The third-order valence-corrected chi connectivity index (χ3v) is 3.40. The Bertz CT molecular complexity index is 502. The number of hydrogen-bond donors (Lipinski definition) is 1. The van der Waals surface area contributed by atoms with Crippen LogP contribution in [-0.2, 0) is 4.79 Å². The van der Waals surface area contributed by atoms with Gasteiger partial charge in [-0.2, -0.15) is 0 Å². The zero-order chi connectivity index (χ0) is 14.9. The normalized spacial score (nSPS) is 20.0. The number of imide groups is 1. The number of anilines is 1. The van der Waals surface area contributed by atoms with Crippen LogP contribution in [0.4, 0.5) is 10.5 Å². The minimum absolute atomic E-state index is 0.0701. The number of benzene rings is 1. The number of carbonyl (C=O) groups excluding carboxylic acids is 2. The van der Waals surface area contributed by atoms with Gasteiger partial charge in [0.05, 0.1) is 5.69 Å². The lowest BCUT2D eigenvalue weighted by Gasteiger charge is -2.34. The van der Waals surface area contributed by atoms with E-state index in [4.69, 9.17) is 11.6 Å². The number of amides is 3. The van der Waals surface area contributed by atoms with Gasteiger partial charge in [-0.3, -0.25) is 4.79 Å². The lowest BCUT2D eigenvalue weighted by atomic mass is 9.86. The van der Waals surface area contributed by atoms with E-state index in [1.54, 1.807) is 24.3 Å². The van der Waals surface area contributed by atoms with Crippen LogP contribution in [0.2, 0.25) is 5.02 Å². The fourth-order valence-electron chi connectivity index (χ4n) is 2.42. The molecule has 2 rings (SSSR count). The van der Waals surface area contributed by atoms with Crippen molar-refractivity contribution in [3.8, 4) is 0 Å². The third kappa shape index (κ3) is 3.51. The Balaban J connectivity index is 2.13. The van der Waals surface area contributed by atoms with E-state index < -0.39 is 0 Å². The van der Waals surface area contributed by atoms with Crippen LogP contribution in [0.5, 0.6) is 0 Å². The first kappa shape index (κ1) is 14.9. The summed E-state index contributed by atoms with van der Waals surface area (Å²) in [4.78, 5) is 25.5. The summed E-state index contributed by atoms with van der Waals surface area (Å²) in [5.41, 5.74) is 0.617. The minimum Gasteiger partial charge on any atom is -0.334 e. The summed E-state index contributed by atoms with van der Waals surface area (Å²) in [6.45, 7) is 6.28. The molecule has 5 heteroatoms. The second kappa shape index (κ2) is 5.44. The summed E-state index contributed by atoms with van der Waals surface area (Å²) < 4.78 is 0. The predicted octanol–water partition coefficient (Wildman–Crippen LogP) is 3.59. The molecule has 1 unspecified atom stereocenters. The fourth-order valence-corrected chi connectivity index (χ4v) is 2.55. The van der Waals surface area contributed by atoms with Crippen LogP contribution in [0.25, 0.3) is 0 Å². The van der Waals surface area contributed by atoms with Gasteiger partial charge in [0.25, 0.3) is 0 Å². The van der Waals surface area contributed by atoms with Crippen LogP contribution in [0.3, 0.4) is 0 Å². The highest BCUT2D eigenvalue weighted by Gasteiger charge is 2.34. The summed E-state index contributed by atoms with van der Waals surface area (Å²) in [7, 11) is 0. The average Bonchev–Trinajstić information content (AvgIpc) is 2.28. The largest absolute Gasteiger partial charge is 0.334 e. The Morgan fingerprint density at radius 1 is 1.25 bits per heavy atom. The molecule has 0 spiro atoms. The van der Waals surface area contributed by atoms with Gasteiger partial charge < -0.3 is 5.32 Å². The molecular weight excluding hydrogens is 276 g/mol. The Morgan fingerprint density at radius 3 is 2.35 bits per heavy atom. The average molecular weight is 295 g/mol. The number of nitrogens with zero attached hydrogens (tertiary/aromatic N) is 1. The summed E-state index contributed by atoms with van der Waals surface area (Å²) in [6, 6.07) is 6.21. The molecule has 0 aromatic heterocycles. The first-order valence-corrected chi connectivity index (χ1v) is 7.03. The molecule has 0 radical (unpaired) electrons. The number of urea groups is 1. The van der Waals surface area contributed by atoms with Crippen molar-refractivity contribution >= 4 is 29.2 Å². The van der Waals surface area contributed by atoms with E-state index in [2.05, 4.69) is 26.1 Å². The molecule has 1 aromatic carbocycles. The molecule has 4 nitrogen and oxygen atoms in total. The molecule has 1 atom stereocenters. The van der Waals surface area contributed by atoms with Gasteiger partial charge in [-0.05, 0) is 36.1 Å². The number of rotatable bonds is 2. The fraction of sp³-hybridized carbons (Fsp3) is 0.467. The lowest BCUT2D eigenvalue weighted by molar-refractivity contribution is -0.119. The molecule has 0 bridgehead atoms. The lowest BCUT2D eigenvalue weighted by Crippen LogP contribution is -2.55. The van der Waals surface area contributed by atoms with Crippen molar-refractivity contribution in [3.63, 3.8) is 0 Å². The van der Waals surface area contributed by atoms with Crippen LogP contribution in [-0.4, -0.2) is 18.0 Å². The molecule has 3 amide bonds. The van der Waals surface area contributed by atoms with Crippen molar-refractivity contribution in [2.45, 2.75) is 39.7 Å². The van der Waals surface area contributed by atoms with Gasteiger partial charge in [-0.15, -0.1) is 0 Å². The van der Waals surface area contributed by atoms with Crippen LogP contribution < -0.4 is 10.2 Å². The van der Waals surface area contributed by atoms with E-state index in [0.717, 1.165) is 6.42 Å². The molecule has 1 aromatic rings. The molecule has 1 heterocycles. The SMILES string of the molecule is CC(C)(C)CC1CC(=O)N(c2ccc(Cl)cc2)C(=O)N1. The van der Waals surface area contributed by atoms with Gasteiger partial charge in [-0.1, -0.05) is 32.4 Å². The summed E-state index contributed by atoms with van der Waals surface area (Å²) in [6.07, 6.45) is 1.10. The second-order valence-corrected chi connectivity index (χ2v) is 6.76. The van der Waals surface area contributed by atoms with Crippen molar-refractivity contribution in [2.24, 2.45) is 5.41 Å². The molecule has 1 saturated heterocycles. The standard InChI is InChI=1S/C15H19ClN2O2/c1-15(2,3)9-11-8-13(19)18(14(20)17-11)12-6-4-10(16)5-7-12/h4-7,11H,8-9H2,1-3H3,(H,17,20). The van der Waals surface area contributed by atoms with Gasteiger partial charge in [0.2, 0.25) is 5.91 Å². The number of halogens is 1. The van der Waals surface area contributed by atoms with Crippen LogP contribution in [0.1, 0.15) is 33.6 Å². The Labute approximate surface area is 124 Å². The van der Waals surface area contributed by atoms with Crippen molar-refractivity contribution in [3.05, 3.63) is 29.3 Å². The van der Waals surface area contributed by atoms with Crippen LogP contribution in [0, 0.1) is 5.41 Å². The maximum atomic E-state index is 12.2. The molecule has 1 fully saturated rings. The summed E-state index contributed by atoms with van der Waals surface area (Å²) in [5.74, 6) is -0.176. The molecule has 0 saturated carbocycles. The molecule has 1 aliphatic rings. The first-order chi connectivity index (χ1) is 9.26. The van der Waals surface area contributed by atoms with E-state index in [9.17, 15) is 9.59 Å². The van der Waals surface area contributed by atoms with E-state index in [1.807, 2.05) is 0 Å². The maximum absolute atomic E-state index is 12.2. The monoisotopic (exact) mass is 294 g/mol. The van der Waals surface area contributed by atoms with E-state index in [0.29, 0.717) is 17.1 Å². The molecule has 1 N–H and O–H groups in total.